The van der Waals surface area contributed by atoms with Gasteiger partial charge >= 0.3 is 0 Å². The molecule has 0 aliphatic carbocycles. The summed E-state index contributed by atoms with van der Waals surface area (Å²) in [7, 11) is 1.60. The second-order valence-electron chi connectivity index (χ2n) is 6.33. The molecule has 3 aromatic rings. The maximum absolute atomic E-state index is 11.8. The molecule has 1 aromatic heterocycles. The Labute approximate surface area is 178 Å². The van der Waals surface area contributed by atoms with E-state index in [1.54, 1.807) is 7.11 Å². The molecule has 1 heterocycles. The summed E-state index contributed by atoms with van der Waals surface area (Å²) in [6.07, 6.45) is 0. The van der Waals surface area contributed by atoms with Gasteiger partial charge in [-0.2, -0.15) is 0 Å². The van der Waals surface area contributed by atoms with E-state index in [1.807, 2.05) is 42.5 Å². The Balaban J connectivity index is 1.45. The lowest BCUT2D eigenvalue weighted by Gasteiger charge is -2.13. The van der Waals surface area contributed by atoms with Crippen molar-refractivity contribution in [3.63, 3.8) is 0 Å². The quantitative estimate of drug-likeness (QED) is 0.418. The van der Waals surface area contributed by atoms with E-state index in [1.165, 1.54) is 0 Å². The number of nitrogens with zero attached hydrogens (tertiary/aromatic N) is 2. The van der Waals surface area contributed by atoms with Crippen LogP contribution in [0, 0.1) is 0 Å². The number of carbonyl (C=O) groups is 1. The van der Waals surface area contributed by atoms with Crippen LogP contribution in [0.4, 0.5) is 5.82 Å². The highest BCUT2D eigenvalue weighted by atomic mass is 35.5. The fraction of sp³-hybridized carbons (Fsp3) is 0.250. The Hall–Kier alpha value is -3.30. The zero-order valence-corrected chi connectivity index (χ0v) is 17.1. The van der Waals surface area contributed by atoms with E-state index >= 15 is 0 Å². The van der Waals surface area contributed by atoms with E-state index in [4.69, 9.17) is 26.8 Å². The van der Waals surface area contributed by atoms with Crippen molar-refractivity contribution < 1.29 is 18.9 Å². The van der Waals surface area contributed by atoms with Gasteiger partial charge in [0.05, 0.1) is 7.11 Å². The minimum atomic E-state index is -0.432. The number of nitrogens with two attached hydrogens (primary N) is 1. The number of nitrogen functional groups attached to an aromatic ring is 1. The summed E-state index contributed by atoms with van der Waals surface area (Å²) >= 11 is 6.00. The van der Waals surface area contributed by atoms with Crippen molar-refractivity contribution in [1.82, 2.24) is 20.9 Å². The van der Waals surface area contributed by atoms with Gasteiger partial charge in [-0.05, 0) is 45.7 Å². The Morgan fingerprint density at radius 1 is 1.13 bits per heavy atom. The monoisotopic (exact) mass is 431 g/mol. The van der Waals surface area contributed by atoms with Gasteiger partial charge in [0.25, 0.3) is 5.91 Å². The molecule has 2 aromatic carbocycles. The fourth-order valence-corrected chi connectivity index (χ4v) is 2.88. The zero-order valence-electron chi connectivity index (χ0n) is 16.4. The highest BCUT2D eigenvalue weighted by molar-refractivity contribution is 6.30. The summed E-state index contributed by atoms with van der Waals surface area (Å²) in [5.41, 5.74) is 7.44. The molecule has 0 bridgehead atoms. The summed E-state index contributed by atoms with van der Waals surface area (Å²) in [5, 5.41) is 13.4. The minimum Gasteiger partial charge on any atom is -0.493 e. The van der Waals surface area contributed by atoms with Gasteiger partial charge in [0, 0.05) is 24.7 Å². The average molecular weight is 432 g/mol. The van der Waals surface area contributed by atoms with Crippen molar-refractivity contribution in [2.24, 2.45) is 0 Å². The Morgan fingerprint density at radius 3 is 2.73 bits per heavy atom. The predicted molar refractivity (Wildman–Crippen MR) is 112 cm³/mol. The first kappa shape index (κ1) is 21.4. The van der Waals surface area contributed by atoms with Crippen molar-refractivity contribution in [2.75, 3.05) is 25.9 Å². The first-order valence-corrected chi connectivity index (χ1v) is 9.55. The van der Waals surface area contributed by atoms with E-state index in [0.29, 0.717) is 42.8 Å². The molecule has 0 saturated carbocycles. The summed E-state index contributed by atoms with van der Waals surface area (Å²) in [6, 6.07) is 13.2. The van der Waals surface area contributed by atoms with E-state index in [-0.39, 0.29) is 11.5 Å². The number of hydrogen-bond acceptors (Lipinski definition) is 8. The normalized spacial score (nSPS) is 10.6. The SMILES string of the molecule is COc1cc(CNCCNC(=O)c2nonc2N)ccc1OCc1cccc(Cl)c1. The molecule has 0 aliphatic heterocycles. The summed E-state index contributed by atoms with van der Waals surface area (Å²) in [5.74, 6) is 0.814. The van der Waals surface area contributed by atoms with Crippen LogP contribution in [-0.4, -0.2) is 36.4 Å². The molecule has 0 atom stereocenters. The molecule has 0 fully saturated rings. The first-order chi connectivity index (χ1) is 14.6. The van der Waals surface area contributed by atoms with E-state index in [9.17, 15) is 4.79 Å². The lowest BCUT2D eigenvalue weighted by molar-refractivity contribution is 0.0944. The summed E-state index contributed by atoms with van der Waals surface area (Å²) in [6.45, 7) is 1.92. The topological polar surface area (TPSA) is 125 Å². The lowest BCUT2D eigenvalue weighted by Crippen LogP contribution is -2.32. The van der Waals surface area contributed by atoms with Crippen LogP contribution in [0.5, 0.6) is 11.5 Å². The zero-order chi connectivity index (χ0) is 21.3. The maximum Gasteiger partial charge on any atom is 0.277 e. The van der Waals surface area contributed by atoms with Gasteiger partial charge in [-0.1, -0.05) is 29.8 Å². The standard InChI is InChI=1S/C20H22ClN5O4/c1-28-17-10-13(5-6-16(17)29-12-14-3-2-4-15(21)9-14)11-23-7-8-24-20(27)18-19(22)26-30-25-18/h2-6,9-10,23H,7-8,11-12H2,1H3,(H2,22,26)(H,24,27). The van der Waals surface area contributed by atoms with Gasteiger partial charge in [0.15, 0.2) is 11.5 Å². The van der Waals surface area contributed by atoms with Gasteiger partial charge in [0.1, 0.15) is 6.61 Å². The Kier molecular flexibility index (Phi) is 7.47. The van der Waals surface area contributed by atoms with Gasteiger partial charge in [-0.3, -0.25) is 4.79 Å². The van der Waals surface area contributed by atoms with Gasteiger partial charge in [-0.25, -0.2) is 4.63 Å². The number of aromatic nitrogens is 2. The van der Waals surface area contributed by atoms with Crippen LogP contribution in [0.1, 0.15) is 21.6 Å². The third-order valence-electron chi connectivity index (χ3n) is 4.16. The number of benzene rings is 2. The van der Waals surface area contributed by atoms with Crippen LogP contribution < -0.4 is 25.8 Å². The van der Waals surface area contributed by atoms with Crippen molar-refractivity contribution in [3.8, 4) is 11.5 Å². The second-order valence-corrected chi connectivity index (χ2v) is 6.77. The van der Waals surface area contributed by atoms with Crippen molar-refractivity contribution >= 4 is 23.3 Å². The van der Waals surface area contributed by atoms with Crippen LogP contribution in [-0.2, 0) is 13.2 Å². The molecule has 0 unspecified atom stereocenters. The highest BCUT2D eigenvalue weighted by Gasteiger charge is 2.14. The van der Waals surface area contributed by atoms with Gasteiger partial charge < -0.3 is 25.8 Å². The molecule has 158 valence electrons. The highest BCUT2D eigenvalue weighted by Crippen LogP contribution is 2.29. The largest absolute Gasteiger partial charge is 0.493 e. The van der Waals surface area contributed by atoms with Crippen molar-refractivity contribution in [3.05, 3.63) is 64.3 Å². The van der Waals surface area contributed by atoms with Crippen LogP contribution in [0.2, 0.25) is 5.02 Å². The molecular weight excluding hydrogens is 410 g/mol. The van der Waals surface area contributed by atoms with Gasteiger partial charge in [-0.15, -0.1) is 0 Å². The number of anilines is 1. The van der Waals surface area contributed by atoms with Crippen LogP contribution >= 0.6 is 11.6 Å². The third-order valence-corrected chi connectivity index (χ3v) is 4.39. The van der Waals surface area contributed by atoms with Crippen molar-refractivity contribution in [1.29, 1.82) is 0 Å². The maximum atomic E-state index is 11.8. The third kappa shape index (κ3) is 5.85. The Bertz CT molecular complexity index is 995. The number of amides is 1. The number of carbonyl (C=O) groups excluding carboxylic acids is 1. The van der Waals surface area contributed by atoms with Crippen molar-refractivity contribution in [2.45, 2.75) is 13.2 Å². The molecule has 9 nitrogen and oxygen atoms in total. The van der Waals surface area contributed by atoms with E-state index in [0.717, 1.165) is 11.1 Å². The number of methoxy groups -OCH3 is 1. The average Bonchev–Trinajstić information content (AvgIpc) is 3.18. The van der Waals surface area contributed by atoms with Crippen LogP contribution in [0.25, 0.3) is 0 Å². The molecule has 0 radical (unpaired) electrons. The number of ether oxygens (including phenoxy) is 2. The molecular formula is C20H22ClN5O4. The summed E-state index contributed by atoms with van der Waals surface area (Å²) < 4.78 is 15.7. The van der Waals surface area contributed by atoms with Gasteiger partial charge in [0.2, 0.25) is 11.5 Å². The molecule has 0 spiro atoms. The number of rotatable bonds is 10. The molecule has 10 heteroatoms. The smallest absolute Gasteiger partial charge is 0.277 e. The first-order valence-electron chi connectivity index (χ1n) is 9.18. The molecule has 3 rings (SSSR count). The fourth-order valence-electron chi connectivity index (χ4n) is 2.66. The minimum absolute atomic E-state index is 0.0203. The summed E-state index contributed by atoms with van der Waals surface area (Å²) in [4.78, 5) is 11.8. The lowest BCUT2D eigenvalue weighted by atomic mass is 10.2. The van der Waals surface area contributed by atoms with Crippen LogP contribution in [0.3, 0.4) is 0 Å². The molecule has 0 saturated heterocycles. The molecule has 1 amide bonds. The predicted octanol–water partition coefficient (Wildman–Crippen LogP) is 2.41. The molecule has 0 aliphatic rings. The Morgan fingerprint density at radius 2 is 2.00 bits per heavy atom. The van der Waals surface area contributed by atoms with Crippen LogP contribution in [0.15, 0.2) is 47.1 Å². The number of hydrogen-bond donors (Lipinski definition) is 3. The molecule has 30 heavy (non-hydrogen) atoms. The van der Waals surface area contributed by atoms with E-state index < -0.39 is 5.91 Å². The van der Waals surface area contributed by atoms with E-state index in [2.05, 4.69) is 25.6 Å². The second kappa shape index (κ2) is 10.5. The number of nitrogens with one attached hydrogen (secondary N) is 2. The molecule has 4 N–H and O–H groups in total. The number of halogens is 1.